The van der Waals surface area contributed by atoms with E-state index in [1.165, 1.54) is 36.9 Å². The van der Waals surface area contributed by atoms with E-state index in [1.807, 2.05) is 13.8 Å². The number of methoxy groups -OCH3 is 1. The fraction of sp³-hybridized carbons (Fsp3) is 0.286. The average molecular weight is 441 g/mol. The number of fused-ring (bicyclic) bond motifs is 3. The van der Waals surface area contributed by atoms with Crippen LogP contribution in [0.3, 0.4) is 0 Å². The Kier molecular flexibility index (Phi) is 6.01. The Morgan fingerprint density at radius 1 is 1.23 bits per heavy atom. The number of carbonyl (C=O) groups excluding carboxylic acids is 1. The molecule has 2 N–H and O–H groups in total. The predicted octanol–water partition coefficient (Wildman–Crippen LogP) is 3.38. The highest BCUT2D eigenvalue weighted by atomic mass is 32.1. The number of halogens is 1. The van der Waals surface area contributed by atoms with Crippen LogP contribution in [0.2, 0.25) is 0 Å². The second kappa shape index (κ2) is 8.86. The fourth-order valence-corrected chi connectivity index (χ4v) is 4.31. The van der Waals surface area contributed by atoms with Crippen LogP contribution in [0, 0.1) is 19.7 Å². The van der Waals surface area contributed by atoms with E-state index < -0.39 is 11.7 Å². The Labute approximate surface area is 181 Å². The maximum absolute atomic E-state index is 14.1. The number of carbonyl (C=O) groups is 1. The van der Waals surface area contributed by atoms with E-state index in [2.05, 4.69) is 30.8 Å². The molecule has 8 nitrogen and oxygen atoms in total. The lowest BCUT2D eigenvalue weighted by molar-refractivity contribution is 0.0933. The van der Waals surface area contributed by atoms with Gasteiger partial charge < -0.3 is 15.4 Å². The molecule has 0 unspecified atom stereocenters. The second-order valence-electron chi connectivity index (χ2n) is 7.01. The molecule has 4 rings (SSSR count). The molecule has 0 saturated heterocycles. The molecule has 0 saturated carbocycles. The minimum atomic E-state index is -0.572. The van der Waals surface area contributed by atoms with Crippen molar-refractivity contribution in [3.8, 4) is 0 Å². The normalized spacial score (nSPS) is 11.2. The Balaban J connectivity index is 1.59. The molecule has 0 fully saturated rings. The van der Waals surface area contributed by atoms with Gasteiger partial charge in [0.2, 0.25) is 0 Å². The first-order chi connectivity index (χ1) is 15.0. The van der Waals surface area contributed by atoms with Crippen molar-refractivity contribution in [3.63, 3.8) is 0 Å². The summed E-state index contributed by atoms with van der Waals surface area (Å²) in [6.07, 6.45) is 1.51. The van der Waals surface area contributed by atoms with Gasteiger partial charge in [-0.25, -0.2) is 14.4 Å². The third-order valence-corrected chi connectivity index (χ3v) is 6.06. The van der Waals surface area contributed by atoms with Crippen molar-refractivity contribution in [2.75, 3.05) is 25.6 Å². The van der Waals surface area contributed by atoms with Gasteiger partial charge in [0, 0.05) is 25.6 Å². The number of aromatic nitrogens is 4. The van der Waals surface area contributed by atoms with Crippen LogP contribution in [0.1, 0.15) is 27.2 Å². The molecule has 1 amide bonds. The highest BCUT2D eigenvalue weighted by molar-refractivity contribution is 7.25. The molecule has 3 heterocycles. The molecular weight excluding hydrogens is 419 g/mol. The second-order valence-corrected chi connectivity index (χ2v) is 8.01. The van der Waals surface area contributed by atoms with Gasteiger partial charge in [-0.15, -0.1) is 16.4 Å². The van der Waals surface area contributed by atoms with Gasteiger partial charge in [-0.2, -0.15) is 5.10 Å². The lowest BCUT2D eigenvalue weighted by atomic mass is 10.1. The quantitative estimate of drug-likeness (QED) is 0.425. The van der Waals surface area contributed by atoms with Crippen molar-refractivity contribution in [1.82, 2.24) is 25.5 Å². The van der Waals surface area contributed by atoms with Crippen molar-refractivity contribution in [3.05, 3.63) is 52.7 Å². The van der Waals surface area contributed by atoms with Gasteiger partial charge in [0.15, 0.2) is 0 Å². The van der Waals surface area contributed by atoms with E-state index in [-0.39, 0.29) is 5.56 Å². The number of aryl methyl sites for hydroxylation is 2. The molecule has 0 aliphatic heterocycles. The maximum Gasteiger partial charge on any atom is 0.254 e. The number of anilines is 1. The van der Waals surface area contributed by atoms with Crippen LogP contribution in [-0.4, -0.2) is 46.3 Å². The van der Waals surface area contributed by atoms with Gasteiger partial charge in [0.25, 0.3) is 5.91 Å². The van der Waals surface area contributed by atoms with Crippen molar-refractivity contribution in [2.45, 2.75) is 20.4 Å². The van der Waals surface area contributed by atoms with Gasteiger partial charge in [-0.3, -0.25) is 4.79 Å². The summed E-state index contributed by atoms with van der Waals surface area (Å²) < 4.78 is 19.9. The van der Waals surface area contributed by atoms with Gasteiger partial charge in [-0.1, -0.05) is 6.07 Å². The molecule has 1 aromatic carbocycles. The Morgan fingerprint density at radius 3 is 2.87 bits per heavy atom. The Morgan fingerprint density at radius 2 is 2.06 bits per heavy atom. The van der Waals surface area contributed by atoms with Gasteiger partial charge in [-0.05, 0) is 37.1 Å². The third kappa shape index (κ3) is 4.17. The first-order valence-electron chi connectivity index (χ1n) is 9.66. The number of ether oxygens (including phenoxy) is 1. The van der Waals surface area contributed by atoms with Crippen molar-refractivity contribution < 1.29 is 13.9 Å². The van der Waals surface area contributed by atoms with E-state index in [1.54, 1.807) is 6.07 Å². The molecular formula is C21H21FN6O2S. The van der Waals surface area contributed by atoms with Crippen LogP contribution in [0.4, 0.5) is 10.2 Å². The molecule has 4 aromatic rings. The first kappa shape index (κ1) is 21.0. The van der Waals surface area contributed by atoms with Gasteiger partial charge in [0.05, 0.1) is 28.1 Å². The van der Waals surface area contributed by atoms with E-state index in [4.69, 9.17) is 4.74 Å². The summed E-state index contributed by atoms with van der Waals surface area (Å²) in [5, 5.41) is 15.4. The smallest absolute Gasteiger partial charge is 0.254 e. The third-order valence-electron chi connectivity index (χ3n) is 4.99. The van der Waals surface area contributed by atoms with Crippen molar-refractivity contribution in [1.29, 1.82) is 0 Å². The zero-order valence-electron chi connectivity index (χ0n) is 17.3. The highest BCUT2D eigenvalue weighted by Gasteiger charge is 2.16. The minimum Gasteiger partial charge on any atom is -0.383 e. The summed E-state index contributed by atoms with van der Waals surface area (Å²) in [4.78, 5) is 21.9. The fourth-order valence-electron chi connectivity index (χ4n) is 3.21. The molecule has 0 radical (unpaired) electrons. The number of hydrogen-bond acceptors (Lipinski definition) is 8. The van der Waals surface area contributed by atoms with Gasteiger partial charge >= 0.3 is 0 Å². The first-order valence-corrected chi connectivity index (χ1v) is 10.5. The lowest BCUT2D eigenvalue weighted by Crippen LogP contribution is -2.27. The minimum absolute atomic E-state index is 0.00789. The molecule has 0 aliphatic rings. The molecule has 0 aliphatic carbocycles. The van der Waals surface area contributed by atoms with Crippen LogP contribution < -0.4 is 10.6 Å². The standard InChI is InChI=1S/C21H21FN6O2S/c1-11-12(2)27-28-21-16(11)17-18(31-21)19(26-10-25-17)24-9-13-4-5-15(22)14(8-13)20(29)23-6-7-30-3/h4-5,8,10H,6-7,9H2,1-3H3,(H,23,29)(H,24,25,26). The molecule has 10 heteroatoms. The van der Waals surface area contributed by atoms with E-state index >= 15 is 0 Å². The van der Waals surface area contributed by atoms with E-state index in [0.29, 0.717) is 25.5 Å². The highest BCUT2D eigenvalue weighted by Crippen LogP contribution is 2.36. The van der Waals surface area contributed by atoms with E-state index in [9.17, 15) is 9.18 Å². The molecule has 0 spiro atoms. The van der Waals surface area contributed by atoms with Gasteiger partial charge in [0.1, 0.15) is 22.8 Å². The summed E-state index contributed by atoms with van der Waals surface area (Å²) in [6, 6.07) is 4.46. The van der Waals surface area contributed by atoms with Crippen LogP contribution >= 0.6 is 11.3 Å². The number of amides is 1. The summed E-state index contributed by atoms with van der Waals surface area (Å²) in [7, 11) is 1.54. The number of rotatable bonds is 7. The van der Waals surface area contributed by atoms with Crippen LogP contribution in [0.15, 0.2) is 24.5 Å². The molecule has 3 aromatic heterocycles. The van der Waals surface area contributed by atoms with Crippen LogP contribution in [0.25, 0.3) is 20.4 Å². The molecule has 0 bridgehead atoms. The van der Waals surface area contributed by atoms with Crippen molar-refractivity contribution >= 4 is 43.5 Å². The Bertz CT molecular complexity index is 1280. The summed E-state index contributed by atoms with van der Waals surface area (Å²) in [5.74, 6) is -0.396. The number of thiophene rings is 1. The average Bonchev–Trinajstić information content (AvgIpc) is 3.15. The van der Waals surface area contributed by atoms with Crippen molar-refractivity contribution in [2.24, 2.45) is 0 Å². The predicted molar refractivity (Wildman–Crippen MR) is 118 cm³/mol. The summed E-state index contributed by atoms with van der Waals surface area (Å²) in [6.45, 7) is 4.96. The lowest BCUT2D eigenvalue weighted by Gasteiger charge is -2.10. The number of nitrogens with one attached hydrogen (secondary N) is 2. The molecule has 160 valence electrons. The van der Waals surface area contributed by atoms with Crippen LogP contribution in [0.5, 0.6) is 0 Å². The number of benzene rings is 1. The molecule has 31 heavy (non-hydrogen) atoms. The monoisotopic (exact) mass is 440 g/mol. The zero-order valence-corrected chi connectivity index (χ0v) is 18.1. The topological polar surface area (TPSA) is 102 Å². The SMILES string of the molecule is COCCNC(=O)c1cc(CNc2ncnc3c2sc2nnc(C)c(C)c23)ccc1F. The maximum atomic E-state index is 14.1. The summed E-state index contributed by atoms with van der Waals surface area (Å²) in [5.41, 5.74) is 3.47. The number of nitrogens with zero attached hydrogens (tertiary/aromatic N) is 4. The number of hydrogen-bond donors (Lipinski definition) is 2. The largest absolute Gasteiger partial charge is 0.383 e. The van der Waals surface area contributed by atoms with Crippen LogP contribution in [-0.2, 0) is 11.3 Å². The summed E-state index contributed by atoms with van der Waals surface area (Å²) >= 11 is 1.47. The van der Waals surface area contributed by atoms with E-state index in [0.717, 1.165) is 37.3 Å². The zero-order chi connectivity index (χ0) is 22.0. The molecule has 0 atom stereocenters. The Hall–Kier alpha value is -3.24.